The van der Waals surface area contributed by atoms with Gasteiger partial charge in [-0.05, 0) is 0 Å². The van der Waals surface area contributed by atoms with Gasteiger partial charge in [-0.2, -0.15) is 0 Å². The third kappa shape index (κ3) is 3.67. The molecule has 0 saturated heterocycles. The molecule has 0 spiro atoms. The fourth-order valence-corrected chi connectivity index (χ4v) is 5.23. The van der Waals surface area contributed by atoms with Crippen molar-refractivity contribution in [2.75, 3.05) is 6.66 Å². The summed E-state index contributed by atoms with van der Waals surface area (Å²) in [4.78, 5) is 0. The number of hydrogen-bond donors (Lipinski definition) is 0. The number of hydrogen-bond acceptors (Lipinski definition) is 0. The topological polar surface area (TPSA) is 0 Å². The molecule has 0 radical (unpaired) electrons. The van der Waals surface area contributed by atoms with E-state index in [4.69, 9.17) is 0 Å². The molecule has 0 amide bonds. The maximum Gasteiger partial charge on any atom is -1.00 e. The Bertz CT molecular complexity index is 336. The van der Waals surface area contributed by atoms with E-state index in [9.17, 15) is 0 Å². The number of halogens is 4. The van der Waals surface area contributed by atoms with Crippen molar-refractivity contribution >= 4 is 23.9 Å². The summed E-state index contributed by atoms with van der Waals surface area (Å²) in [5, 5.41) is 1.58. The second kappa shape index (κ2) is 6.72. The van der Waals surface area contributed by atoms with Crippen molar-refractivity contribution < 1.29 is 61.9 Å². The summed E-state index contributed by atoms with van der Waals surface area (Å²) in [5.41, 5.74) is 2.87. The minimum atomic E-state index is -0.00218. The number of alkyl halides is 1. The first kappa shape index (κ1) is 19.2. The van der Waals surface area contributed by atoms with Gasteiger partial charge in [0.05, 0.1) is 0 Å². The van der Waals surface area contributed by atoms with E-state index >= 15 is 0 Å². The monoisotopic (exact) mass is 422 g/mol. The third-order valence-electron chi connectivity index (χ3n) is 2.24. The van der Waals surface area contributed by atoms with E-state index in [-0.39, 0.29) is 45.1 Å². The fourth-order valence-electron chi connectivity index (χ4n) is 1.54. The van der Waals surface area contributed by atoms with Crippen LogP contribution < -0.4 is 37.2 Å². The van der Waals surface area contributed by atoms with Crippen molar-refractivity contribution in [2.45, 2.75) is 8.70 Å². The molecule has 2 unspecified atom stereocenters. The molecule has 0 saturated carbocycles. The van der Waals surface area contributed by atoms with Crippen molar-refractivity contribution in [2.24, 2.45) is 0 Å². The first-order chi connectivity index (χ1) is 5.50. The van der Waals surface area contributed by atoms with Gasteiger partial charge in [-0.25, -0.2) is 0 Å². The SMILES string of the molecule is CC1=CC2=C[C](Br)([Zr+3])P(C)C2=C1.[Cl-].[Cl-].[Cl-]. The summed E-state index contributed by atoms with van der Waals surface area (Å²) in [6, 6.07) is 0. The molecule has 6 heteroatoms. The Labute approximate surface area is 134 Å². The van der Waals surface area contributed by atoms with Crippen LogP contribution in [0.4, 0.5) is 0 Å². The predicted octanol–water partition coefficient (Wildman–Crippen LogP) is -5.51. The van der Waals surface area contributed by atoms with Gasteiger partial charge in [-0.1, -0.05) is 0 Å². The molecule has 0 N–H and O–H groups in total. The van der Waals surface area contributed by atoms with E-state index in [1.54, 1.807) is 30.0 Å². The second-order valence-electron chi connectivity index (χ2n) is 3.25. The molecule has 15 heavy (non-hydrogen) atoms. The number of rotatable bonds is 0. The van der Waals surface area contributed by atoms with Gasteiger partial charge in [0.1, 0.15) is 0 Å². The van der Waals surface area contributed by atoms with Crippen molar-refractivity contribution in [3.8, 4) is 0 Å². The average molecular weight is 426 g/mol. The van der Waals surface area contributed by atoms with Crippen molar-refractivity contribution in [3.63, 3.8) is 0 Å². The van der Waals surface area contributed by atoms with E-state index in [2.05, 4.69) is 47.7 Å². The van der Waals surface area contributed by atoms with Crippen LogP contribution >= 0.6 is 23.9 Å². The predicted molar refractivity (Wildman–Crippen MR) is 54.4 cm³/mol. The van der Waals surface area contributed by atoms with Crippen LogP contribution in [0.1, 0.15) is 6.92 Å². The van der Waals surface area contributed by atoms with Gasteiger partial charge >= 0.3 is 98.6 Å². The molecular formula is C9H9BrCl3PZr. The summed E-state index contributed by atoms with van der Waals surface area (Å²) >= 11 is 5.38. The summed E-state index contributed by atoms with van der Waals surface area (Å²) in [6.07, 6.45) is 7.02. The Kier molecular flexibility index (Phi) is 8.61. The molecule has 2 atom stereocenters. The maximum absolute atomic E-state index is 3.81. The van der Waals surface area contributed by atoms with E-state index in [0.29, 0.717) is 1.77 Å². The molecule has 0 aromatic carbocycles. The maximum atomic E-state index is 3.81. The smallest absolute Gasteiger partial charge is 1.00 e. The summed E-state index contributed by atoms with van der Waals surface area (Å²) < 4.78 is 0.327. The van der Waals surface area contributed by atoms with E-state index in [0.717, 1.165) is 0 Å². The van der Waals surface area contributed by atoms with Crippen LogP contribution in [0.15, 0.2) is 34.7 Å². The molecular weight excluding hydrogens is 417 g/mol. The van der Waals surface area contributed by atoms with E-state index in [1.807, 2.05) is 0 Å². The van der Waals surface area contributed by atoms with Gasteiger partial charge in [0, 0.05) is 0 Å². The molecule has 1 heterocycles. The Morgan fingerprint density at radius 1 is 1.27 bits per heavy atom. The van der Waals surface area contributed by atoms with Crippen molar-refractivity contribution in [1.82, 2.24) is 0 Å². The van der Waals surface area contributed by atoms with Gasteiger partial charge < -0.3 is 37.2 Å². The summed E-state index contributed by atoms with van der Waals surface area (Å²) in [6.45, 7) is 4.54. The zero-order valence-corrected chi connectivity index (χ0v) is 15.4. The number of fused-ring (bicyclic) bond motifs is 1. The Balaban J connectivity index is 0. The van der Waals surface area contributed by atoms with E-state index < -0.39 is 0 Å². The summed E-state index contributed by atoms with van der Waals surface area (Å²) in [5.74, 6) is 0. The molecule has 0 nitrogen and oxygen atoms in total. The van der Waals surface area contributed by atoms with Crippen molar-refractivity contribution in [3.05, 3.63) is 34.7 Å². The molecule has 0 aromatic rings. The molecule has 1 aliphatic carbocycles. The molecule has 2 rings (SSSR count). The molecule has 2 aliphatic rings. The van der Waals surface area contributed by atoms with Crippen LogP contribution in [0.25, 0.3) is 0 Å². The van der Waals surface area contributed by atoms with Crippen molar-refractivity contribution in [1.29, 1.82) is 0 Å². The minimum Gasteiger partial charge on any atom is -1.00 e. The van der Waals surface area contributed by atoms with Gasteiger partial charge in [-0.3, -0.25) is 0 Å². The molecule has 0 bridgehead atoms. The van der Waals surface area contributed by atoms with Crippen LogP contribution in [0.2, 0.25) is 0 Å². The Morgan fingerprint density at radius 3 is 2.27 bits per heavy atom. The Hall–Kier alpha value is 1.88. The standard InChI is InChI=1S/C9H9BrP.3ClH.Zr/c1-6-3-7-5-9(10)11(2)8(7)4-6;;;;/h3-5H,1-2H3;3*1H;/q;;;;+3/p-3. The first-order valence-corrected chi connectivity index (χ1v) is 7.63. The van der Waals surface area contributed by atoms with Gasteiger partial charge in [0.25, 0.3) is 0 Å². The van der Waals surface area contributed by atoms with Gasteiger partial charge in [0.2, 0.25) is 0 Å². The average Bonchev–Trinajstić information content (AvgIpc) is 2.35. The Morgan fingerprint density at radius 2 is 1.80 bits per heavy atom. The third-order valence-corrected chi connectivity index (χ3v) is 9.11. The normalized spacial score (nSPS) is 31.3. The van der Waals surface area contributed by atoms with Crippen LogP contribution in [-0.4, -0.2) is 8.44 Å². The molecule has 0 aromatic heterocycles. The van der Waals surface area contributed by atoms with Crippen LogP contribution in [0.5, 0.6) is 0 Å². The number of allylic oxidation sites excluding steroid dienone is 6. The zero-order valence-electron chi connectivity index (χ0n) is 8.19. The van der Waals surface area contributed by atoms with Crippen LogP contribution in [0, 0.1) is 0 Å². The summed E-state index contributed by atoms with van der Waals surface area (Å²) in [7, 11) is -0.00218. The first-order valence-electron chi connectivity index (χ1n) is 3.82. The fraction of sp³-hybridized carbons (Fsp3) is 0.333. The van der Waals surface area contributed by atoms with Gasteiger partial charge in [-0.15, -0.1) is 0 Å². The second-order valence-corrected chi connectivity index (χ2v) is 12.2. The molecule has 0 fully saturated rings. The quantitative estimate of drug-likeness (QED) is 0.268. The van der Waals surface area contributed by atoms with Crippen LogP contribution in [-0.2, 0) is 24.7 Å². The largest absolute Gasteiger partial charge is 1.00 e. The molecule has 1 aliphatic heterocycles. The zero-order chi connectivity index (χ0) is 8.93. The molecule has 82 valence electrons. The van der Waals surface area contributed by atoms with E-state index in [1.165, 1.54) is 11.1 Å². The van der Waals surface area contributed by atoms with Gasteiger partial charge in [0.15, 0.2) is 0 Å². The van der Waals surface area contributed by atoms with Crippen LogP contribution in [0.3, 0.4) is 0 Å². The minimum absolute atomic E-state index is 0.